The Balaban J connectivity index is 2.07. The minimum Gasteiger partial charge on any atom is -0.476 e. The van der Waals surface area contributed by atoms with Gasteiger partial charge in [0.2, 0.25) is 0 Å². The summed E-state index contributed by atoms with van der Waals surface area (Å²) in [7, 11) is 1.58. The van der Waals surface area contributed by atoms with Crippen LogP contribution in [0, 0.1) is 6.92 Å². The highest BCUT2D eigenvalue weighted by atomic mass is 32.1. The highest BCUT2D eigenvalue weighted by Gasteiger charge is 2.19. The van der Waals surface area contributed by atoms with E-state index in [1.807, 2.05) is 0 Å². The summed E-state index contributed by atoms with van der Waals surface area (Å²) < 4.78 is 0. The van der Waals surface area contributed by atoms with Crippen molar-refractivity contribution < 1.29 is 14.7 Å². The monoisotopic (exact) mass is 281 g/mol. The molecule has 0 bridgehead atoms. The summed E-state index contributed by atoms with van der Waals surface area (Å²) in [6.07, 6.45) is 0. The number of carboxylic acid groups (broad SMARTS) is 1. The molecule has 19 heavy (non-hydrogen) atoms. The number of H-pyrrole nitrogens is 1. The largest absolute Gasteiger partial charge is 0.476 e. The van der Waals surface area contributed by atoms with Crippen molar-refractivity contribution in [2.24, 2.45) is 0 Å². The molecule has 0 aromatic carbocycles. The number of aromatic carboxylic acids is 1. The topological polar surface area (TPSA) is 112 Å². The SMILES string of the molecule is Cc1nc(CN(C)C(=O)c2nc(C(=O)O)cs2)n[nH]1. The van der Waals surface area contributed by atoms with E-state index >= 15 is 0 Å². The molecule has 0 atom stereocenters. The molecule has 0 aliphatic carbocycles. The number of aryl methyl sites for hydroxylation is 1. The van der Waals surface area contributed by atoms with Crippen LogP contribution in [0.2, 0.25) is 0 Å². The smallest absolute Gasteiger partial charge is 0.355 e. The van der Waals surface area contributed by atoms with Crippen LogP contribution in [0.25, 0.3) is 0 Å². The van der Waals surface area contributed by atoms with Crippen LogP contribution in [0.15, 0.2) is 5.38 Å². The Kier molecular flexibility index (Phi) is 3.56. The Labute approximate surface area is 112 Å². The van der Waals surface area contributed by atoms with Gasteiger partial charge in [0.05, 0.1) is 6.54 Å². The molecule has 0 aliphatic heterocycles. The molecule has 0 spiro atoms. The predicted octanol–water partition coefficient (Wildman–Crippen LogP) is 0.540. The minimum atomic E-state index is -1.15. The second-order valence-corrected chi connectivity index (χ2v) is 4.70. The number of carbonyl (C=O) groups is 2. The van der Waals surface area contributed by atoms with Crippen molar-refractivity contribution in [1.29, 1.82) is 0 Å². The second-order valence-electron chi connectivity index (χ2n) is 3.84. The lowest BCUT2D eigenvalue weighted by molar-refractivity contribution is 0.0691. The number of aromatic nitrogens is 4. The molecule has 0 fully saturated rings. The molecule has 2 aromatic rings. The summed E-state index contributed by atoms with van der Waals surface area (Å²) in [6, 6.07) is 0. The first-order valence-electron chi connectivity index (χ1n) is 5.29. The summed E-state index contributed by atoms with van der Waals surface area (Å²) in [5.41, 5.74) is -0.129. The summed E-state index contributed by atoms with van der Waals surface area (Å²) >= 11 is 0.998. The van der Waals surface area contributed by atoms with Gasteiger partial charge in [0.15, 0.2) is 16.5 Å². The number of amides is 1. The lowest BCUT2D eigenvalue weighted by Crippen LogP contribution is -2.26. The predicted molar refractivity (Wildman–Crippen MR) is 66.0 cm³/mol. The van der Waals surface area contributed by atoms with Crippen LogP contribution < -0.4 is 0 Å². The second kappa shape index (κ2) is 5.14. The fourth-order valence-electron chi connectivity index (χ4n) is 1.38. The van der Waals surface area contributed by atoms with E-state index in [9.17, 15) is 9.59 Å². The lowest BCUT2D eigenvalue weighted by Gasteiger charge is -2.12. The van der Waals surface area contributed by atoms with E-state index < -0.39 is 5.97 Å². The van der Waals surface area contributed by atoms with E-state index in [2.05, 4.69) is 20.2 Å². The molecule has 0 saturated heterocycles. The van der Waals surface area contributed by atoms with Crippen molar-refractivity contribution in [3.8, 4) is 0 Å². The number of nitrogens with one attached hydrogen (secondary N) is 1. The number of hydrogen-bond acceptors (Lipinski definition) is 6. The van der Waals surface area contributed by atoms with E-state index in [4.69, 9.17) is 5.11 Å². The highest BCUT2D eigenvalue weighted by molar-refractivity contribution is 7.11. The number of aromatic amines is 1. The molecule has 0 aliphatic rings. The molecule has 100 valence electrons. The molecule has 1 amide bonds. The lowest BCUT2D eigenvalue weighted by atomic mass is 10.4. The van der Waals surface area contributed by atoms with Crippen molar-refractivity contribution in [3.63, 3.8) is 0 Å². The average molecular weight is 281 g/mol. The molecule has 2 rings (SSSR count). The maximum Gasteiger partial charge on any atom is 0.355 e. The van der Waals surface area contributed by atoms with Crippen LogP contribution >= 0.6 is 11.3 Å². The van der Waals surface area contributed by atoms with Gasteiger partial charge >= 0.3 is 5.97 Å². The molecular formula is C10H11N5O3S. The van der Waals surface area contributed by atoms with Crippen LogP contribution in [0.3, 0.4) is 0 Å². The van der Waals surface area contributed by atoms with Gasteiger partial charge in [0, 0.05) is 12.4 Å². The van der Waals surface area contributed by atoms with Crippen molar-refractivity contribution >= 4 is 23.2 Å². The number of thiazole rings is 1. The van der Waals surface area contributed by atoms with Gasteiger partial charge in [-0.1, -0.05) is 0 Å². The number of nitrogens with zero attached hydrogens (tertiary/aromatic N) is 4. The van der Waals surface area contributed by atoms with Gasteiger partial charge in [-0.25, -0.2) is 14.8 Å². The molecular weight excluding hydrogens is 270 g/mol. The normalized spacial score (nSPS) is 10.4. The van der Waals surface area contributed by atoms with Crippen molar-refractivity contribution in [2.45, 2.75) is 13.5 Å². The van der Waals surface area contributed by atoms with Crippen LogP contribution in [0.1, 0.15) is 31.9 Å². The first kappa shape index (κ1) is 13.1. The van der Waals surface area contributed by atoms with E-state index in [0.717, 1.165) is 11.3 Å². The fourth-order valence-corrected chi connectivity index (χ4v) is 2.16. The third-order valence-corrected chi connectivity index (χ3v) is 3.11. The minimum absolute atomic E-state index is 0.129. The molecule has 2 N–H and O–H groups in total. The van der Waals surface area contributed by atoms with Gasteiger partial charge in [0.25, 0.3) is 5.91 Å². The maximum atomic E-state index is 12.0. The molecule has 0 saturated carbocycles. The molecule has 2 aromatic heterocycles. The van der Waals surface area contributed by atoms with E-state index in [1.54, 1.807) is 14.0 Å². The molecule has 9 heteroatoms. The standard InChI is InChI=1S/C10H11N5O3S/c1-5-11-7(14-13-5)3-15(2)9(16)8-12-6(4-19-8)10(17)18/h4H,3H2,1-2H3,(H,17,18)(H,11,13,14). The summed E-state index contributed by atoms with van der Waals surface area (Å²) in [5.74, 6) is -0.357. The van der Waals surface area contributed by atoms with Crippen molar-refractivity contribution in [2.75, 3.05) is 7.05 Å². The Bertz CT molecular complexity index is 620. The number of carboxylic acids is 1. The number of hydrogen-bond donors (Lipinski definition) is 2. The van der Waals surface area contributed by atoms with Gasteiger partial charge in [-0.15, -0.1) is 11.3 Å². The summed E-state index contributed by atoms with van der Waals surface area (Å²) in [4.78, 5) is 31.9. The Morgan fingerprint density at radius 1 is 1.47 bits per heavy atom. The maximum absolute atomic E-state index is 12.0. The van der Waals surface area contributed by atoms with Gasteiger partial charge in [-0.05, 0) is 6.92 Å². The van der Waals surface area contributed by atoms with Gasteiger partial charge in [-0.2, -0.15) is 5.10 Å². The highest BCUT2D eigenvalue weighted by Crippen LogP contribution is 2.12. The van der Waals surface area contributed by atoms with Gasteiger partial charge in [-0.3, -0.25) is 9.89 Å². The third kappa shape index (κ3) is 2.94. The Hall–Kier alpha value is -2.29. The Morgan fingerprint density at radius 3 is 2.74 bits per heavy atom. The number of rotatable bonds is 4. The zero-order chi connectivity index (χ0) is 14.0. The van der Waals surface area contributed by atoms with Crippen molar-refractivity contribution in [1.82, 2.24) is 25.1 Å². The van der Waals surface area contributed by atoms with Gasteiger partial charge < -0.3 is 10.0 Å². The summed E-state index contributed by atoms with van der Waals surface area (Å²) in [5, 5.41) is 16.8. The van der Waals surface area contributed by atoms with Crippen LogP contribution in [-0.2, 0) is 6.54 Å². The third-order valence-electron chi connectivity index (χ3n) is 2.28. The first-order chi connectivity index (χ1) is 8.97. The van der Waals surface area contributed by atoms with Crippen molar-refractivity contribution in [3.05, 3.63) is 27.7 Å². The van der Waals surface area contributed by atoms with Crippen LogP contribution in [-0.4, -0.2) is 49.1 Å². The van der Waals surface area contributed by atoms with E-state index in [1.165, 1.54) is 10.3 Å². The van der Waals surface area contributed by atoms with Gasteiger partial charge in [0.1, 0.15) is 5.82 Å². The fraction of sp³-hybridized carbons (Fsp3) is 0.300. The quantitative estimate of drug-likeness (QED) is 0.845. The zero-order valence-corrected chi connectivity index (χ0v) is 11.1. The van der Waals surface area contributed by atoms with E-state index in [-0.39, 0.29) is 23.2 Å². The van der Waals surface area contributed by atoms with Crippen LogP contribution in [0.5, 0.6) is 0 Å². The van der Waals surface area contributed by atoms with Crippen LogP contribution in [0.4, 0.5) is 0 Å². The zero-order valence-electron chi connectivity index (χ0n) is 10.2. The Morgan fingerprint density at radius 2 is 2.21 bits per heavy atom. The molecule has 8 nitrogen and oxygen atoms in total. The molecule has 2 heterocycles. The number of carbonyl (C=O) groups excluding carboxylic acids is 1. The first-order valence-corrected chi connectivity index (χ1v) is 6.17. The average Bonchev–Trinajstić information content (AvgIpc) is 2.97. The molecule has 0 radical (unpaired) electrons. The summed E-state index contributed by atoms with van der Waals surface area (Å²) in [6.45, 7) is 1.99. The van der Waals surface area contributed by atoms with E-state index in [0.29, 0.717) is 11.6 Å². The molecule has 0 unspecified atom stereocenters.